The van der Waals surface area contributed by atoms with Crippen molar-refractivity contribution in [3.05, 3.63) is 23.8 Å². The second-order valence-corrected chi connectivity index (χ2v) is 6.59. The maximum Gasteiger partial charge on any atom is 0.249 e. The molecule has 0 spiro atoms. The van der Waals surface area contributed by atoms with Crippen molar-refractivity contribution in [2.45, 2.75) is 38.6 Å². The van der Waals surface area contributed by atoms with E-state index in [2.05, 4.69) is 15.6 Å². The number of amides is 2. The Labute approximate surface area is 138 Å². The lowest BCUT2D eigenvalue weighted by atomic mass is 9.97. The first-order chi connectivity index (χ1) is 11.1. The van der Waals surface area contributed by atoms with Gasteiger partial charge in [0.25, 0.3) is 0 Å². The predicted molar refractivity (Wildman–Crippen MR) is 88.0 cm³/mol. The van der Waals surface area contributed by atoms with Gasteiger partial charge in [0.05, 0.1) is 6.26 Å². The Hall–Kier alpha value is -2.15. The highest BCUT2D eigenvalue weighted by Gasteiger charge is 2.31. The molecule has 6 nitrogen and oxygen atoms in total. The minimum Gasteiger partial charge on any atom is -0.463 e. The fraction of sp³-hybridized carbons (Fsp3) is 0.438. The minimum atomic E-state index is -0.494. The van der Waals surface area contributed by atoms with Gasteiger partial charge in [-0.2, -0.15) is 0 Å². The second kappa shape index (κ2) is 6.95. The Morgan fingerprint density at radius 1 is 1.39 bits per heavy atom. The van der Waals surface area contributed by atoms with Gasteiger partial charge in [0.1, 0.15) is 11.7 Å². The smallest absolute Gasteiger partial charge is 0.249 e. The van der Waals surface area contributed by atoms with E-state index < -0.39 is 6.04 Å². The molecule has 1 atom stereocenters. The van der Waals surface area contributed by atoms with Gasteiger partial charge in [-0.15, -0.1) is 11.3 Å². The lowest BCUT2D eigenvalue weighted by molar-refractivity contribution is -0.126. The zero-order valence-corrected chi connectivity index (χ0v) is 13.7. The number of nitrogens with zero attached hydrogens (tertiary/aromatic N) is 1. The average Bonchev–Trinajstić information content (AvgIpc) is 3.25. The molecule has 122 valence electrons. The third-order valence-corrected chi connectivity index (χ3v) is 4.78. The molecule has 23 heavy (non-hydrogen) atoms. The van der Waals surface area contributed by atoms with Gasteiger partial charge in [0.15, 0.2) is 10.9 Å². The summed E-state index contributed by atoms with van der Waals surface area (Å²) in [7, 11) is 0. The molecule has 2 amide bonds. The van der Waals surface area contributed by atoms with Crippen LogP contribution >= 0.6 is 11.3 Å². The molecule has 7 heteroatoms. The Kier molecular flexibility index (Phi) is 4.76. The summed E-state index contributed by atoms with van der Waals surface area (Å²) < 4.78 is 5.29. The van der Waals surface area contributed by atoms with Crippen LogP contribution in [0.2, 0.25) is 0 Å². The molecule has 0 aliphatic heterocycles. The predicted octanol–water partition coefficient (Wildman–Crippen LogP) is 3.04. The third-order valence-electron chi connectivity index (χ3n) is 4.02. The molecule has 2 N–H and O–H groups in total. The molecule has 0 bridgehead atoms. The highest BCUT2D eigenvalue weighted by atomic mass is 32.1. The molecule has 2 heterocycles. The molecule has 1 aliphatic rings. The zero-order valence-electron chi connectivity index (χ0n) is 12.9. The van der Waals surface area contributed by atoms with Gasteiger partial charge in [-0.25, -0.2) is 4.98 Å². The van der Waals surface area contributed by atoms with Gasteiger partial charge >= 0.3 is 0 Å². The van der Waals surface area contributed by atoms with Crippen LogP contribution in [0.15, 0.2) is 28.2 Å². The lowest BCUT2D eigenvalue weighted by Crippen LogP contribution is -2.47. The van der Waals surface area contributed by atoms with E-state index in [1.54, 1.807) is 12.3 Å². The molecule has 3 rings (SSSR count). The normalized spacial score (nSPS) is 16.2. The maximum atomic E-state index is 12.5. The quantitative estimate of drug-likeness (QED) is 0.881. The van der Waals surface area contributed by atoms with E-state index in [-0.39, 0.29) is 17.7 Å². The topological polar surface area (TPSA) is 84.2 Å². The number of anilines is 1. The summed E-state index contributed by atoms with van der Waals surface area (Å²) in [6, 6.07) is 3.12. The van der Waals surface area contributed by atoms with Crippen LogP contribution in [0.25, 0.3) is 11.5 Å². The van der Waals surface area contributed by atoms with Gasteiger partial charge in [-0.3, -0.25) is 9.59 Å². The molecule has 1 saturated carbocycles. The molecule has 0 unspecified atom stereocenters. The van der Waals surface area contributed by atoms with E-state index in [9.17, 15) is 9.59 Å². The number of furan rings is 1. The van der Waals surface area contributed by atoms with Crippen LogP contribution in [-0.4, -0.2) is 22.8 Å². The highest BCUT2D eigenvalue weighted by molar-refractivity contribution is 7.14. The number of nitrogens with one attached hydrogen (secondary N) is 2. The lowest BCUT2D eigenvalue weighted by Gasteiger charge is -2.22. The van der Waals surface area contributed by atoms with Crippen molar-refractivity contribution in [2.75, 3.05) is 5.32 Å². The van der Waals surface area contributed by atoms with E-state index in [4.69, 9.17) is 4.42 Å². The number of aromatic nitrogens is 1. The largest absolute Gasteiger partial charge is 0.463 e. The van der Waals surface area contributed by atoms with Gasteiger partial charge in [-0.05, 0) is 30.9 Å². The summed E-state index contributed by atoms with van der Waals surface area (Å²) in [6.45, 7) is 1.44. The Morgan fingerprint density at radius 2 is 2.17 bits per heavy atom. The molecule has 0 radical (unpaired) electrons. The van der Waals surface area contributed by atoms with Crippen molar-refractivity contribution >= 4 is 28.3 Å². The van der Waals surface area contributed by atoms with Crippen LogP contribution in [-0.2, 0) is 9.59 Å². The number of hydrogen-bond donors (Lipinski definition) is 2. The second-order valence-electron chi connectivity index (χ2n) is 5.73. The van der Waals surface area contributed by atoms with E-state index in [1.165, 1.54) is 18.3 Å². The van der Waals surface area contributed by atoms with E-state index in [1.807, 2.05) is 11.4 Å². The molecular weight excluding hydrogens is 314 g/mol. The first-order valence-corrected chi connectivity index (χ1v) is 8.59. The molecular formula is C16H19N3O3S. The van der Waals surface area contributed by atoms with Gasteiger partial charge in [-0.1, -0.05) is 12.8 Å². The van der Waals surface area contributed by atoms with Crippen LogP contribution in [0, 0.1) is 5.92 Å². The highest BCUT2D eigenvalue weighted by Crippen LogP contribution is 2.29. The fourth-order valence-electron chi connectivity index (χ4n) is 2.96. The van der Waals surface area contributed by atoms with Crippen LogP contribution < -0.4 is 10.6 Å². The number of carbonyl (C=O) groups is 2. The summed E-state index contributed by atoms with van der Waals surface area (Å²) in [5.41, 5.74) is 0.687. The van der Waals surface area contributed by atoms with Crippen molar-refractivity contribution in [1.29, 1.82) is 0 Å². The van der Waals surface area contributed by atoms with E-state index in [0.29, 0.717) is 16.6 Å². The third kappa shape index (κ3) is 3.79. The maximum absolute atomic E-state index is 12.5. The zero-order chi connectivity index (χ0) is 16.2. The molecule has 1 aliphatic carbocycles. The molecule has 1 fully saturated rings. The fourth-order valence-corrected chi connectivity index (χ4v) is 3.66. The Morgan fingerprint density at radius 3 is 2.83 bits per heavy atom. The van der Waals surface area contributed by atoms with Crippen molar-refractivity contribution in [2.24, 2.45) is 5.92 Å². The minimum absolute atomic E-state index is 0.188. The van der Waals surface area contributed by atoms with Crippen molar-refractivity contribution < 1.29 is 14.0 Å². The van der Waals surface area contributed by atoms with Crippen LogP contribution in [0.5, 0.6) is 0 Å². The SMILES string of the molecule is CC(=O)N[C@H](C(=O)Nc1nc(-c2ccco2)cs1)C1CCCC1. The summed E-state index contributed by atoms with van der Waals surface area (Å²) >= 11 is 1.34. The number of rotatable bonds is 5. The monoisotopic (exact) mass is 333 g/mol. The van der Waals surface area contributed by atoms with Crippen LogP contribution in [0.1, 0.15) is 32.6 Å². The first-order valence-electron chi connectivity index (χ1n) is 7.71. The summed E-state index contributed by atoms with van der Waals surface area (Å²) in [6.07, 6.45) is 5.73. The molecule has 0 aromatic carbocycles. The standard InChI is InChI=1S/C16H19N3O3S/c1-10(20)17-14(11-5-2-3-6-11)15(21)19-16-18-12(9-23-16)13-7-4-8-22-13/h4,7-9,11,14H,2-3,5-6H2,1H3,(H,17,20)(H,18,19,21)/t14-/m0/s1. The number of carbonyl (C=O) groups excluding carboxylic acids is 2. The Balaban J connectivity index is 1.69. The summed E-state index contributed by atoms with van der Waals surface area (Å²) in [4.78, 5) is 28.3. The molecule has 2 aromatic rings. The number of hydrogen-bond acceptors (Lipinski definition) is 5. The van der Waals surface area contributed by atoms with E-state index in [0.717, 1.165) is 25.7 Å². The first kappa shape index (κ1) is 15.7. The Bertz CT molecular complexity index is 675. The number of thiazole rings is 1. The van der Waals surface area contributed by atoms with Crippen molar-refractivity contribution in [3.63, 3.8) is 0 Å². The molecule has 2 aromatic heterocycles. The summed E-state index contributed by atoms with van der Waals surface area (Å²) in [5.74, 6) is 0.472. The van der Waals surface area contributed by atoms with Crippen molar-refractivity contribution in [1.82, 2.24) is 10.3 Å². The van der Waals surface area contributed by atoms with Crippen LogP contribution in [0.3, 0.4) is 0 Å². The van der Waals surface area contributed by atoms with Gasteiger partial charge in [0.2, 0.25) is 11.8 Å². The van der Waals surface area contributed by atoms with Gasteiger partial charge in [0, 0.05) is 12.3 Å². The average molecular weight is 333 g/mol. The van der Waals surface area contributed by atoms with Crippen LogP contribution in [0.4, 0.5) is 5.13 Å². The van der Waals surface area contributed by atoms with E-state index >= 15 is 0 Å². The summed E-state index contributed by atoms with van der Waals surface area (Å²) in [5, 5.41) is 7.94. The van der Waals surface area contributed by atoms with Gasteiger partial charge < -0.3 is 15.1 Å². The van der Waals surface area contributed by atoms with Crippen molar-refractivity contribution in [3.8, 4) is 11.5 Å². The molecule has 0 saturated heterocycles.